The van der Waals surface area contributed by atoms with E-state index in [2.05, 4.69) is 10.3 Å². The molecule has 3 nitrogen and oxygen atoms in total. The molecule has 0 saturated heterocycles. The molecule has 1 aromatic heterocycles. The highest BCUT2D eigenvalue weighted by atomic mass is 32.1. The van der Waals surface area contributed by atoms with Gasteiger partial charge in [-0.3, -0.25) is 0 Å². The van der Waals surface area contributed by atoms with Crippen LogP contribution in [0.2, 0.25) is 0 Å². The lowest BCUT2D eigenvalue weighted by Crippen LogP contribution is -2.18. The van der Waals surface area contributed by atoms with E-state index in [9.17, 15) is 4.39 Å². The van der Waals surface area contributed by atoms with E-state index in [1.165, 1.54) is 6.07 Å². The molecular formula is C12H14FN3S. The van der Waals surface area contributed by atoms with E-state index in [4.69, 9.17) is 5.73 Å². The second-order valence-electron chi connectivity index (χ2n) is 3.72. The highest BCUT2D eigenvalue weighted by molar-refractivity contribution is 7.07. The Morgan fingerprint density at radius 3 is 3.06 bits per heavy atom. The average Bonchev–Trinajstić information content (AvgIpc) is 2.83. The van der Waals surface area contributed by atoms with Crippen molar-refractivity contribution < 1.29 is 4.39 Å². The number of nitrogens with one attached hydrogen (secondary N) is 1. The van der Waals surface area contributed by atoms with E-state index in [-0.39, 0.29) is 11.5 Å². The molecular weight excluding hydrogens is 237 g/mol. The summed E-state index contributed by atoms with van der Waals surface area (Å²) in [4.78, 5) is 4.19. The first kappa shape index (κ1) is 12.0. The smallest absolute Gasteiger partial charge is 0.146 e. The van der Waals surface area contributed by atoms with Crippen LogP contribution in [-0.2, 0) is 13.0 Å². The summed E-state index contributed by atoms with van der Waals surface area (Å²) in [6.07, 6.45) is 0.874. The number of anilines is 1. The summed E-state index contributed by atoms with van der Waals surface area (Å²) >= 11 is 1.59. The molecule has 0 radical (unpaired) electrons. The Bertz CT molecular complexity index is 471. The zero-order valence-corrected chi connectivity index (χ0v) is 10.1. The molecule has 1 aromatic carbocycles. The zero-order valence-electron chi connectivity index (χ0n) is 9.32. The third-order valence-electron chi connectivity index (χ3n) is 2.50. The first-order valence-corrected chi connectivity index (χ1v) is 6.32. The van der Waals surface area contributed by atoms with Gasteiger partial charge in [0.1, 0.15) is 5.82 Å². The van der Waals surface area contributed by atoms with Crippen LogP contribution in [0, 0.1) is 5.82 Å². The molecule has 0 aliphatic heterocycles. The highest BCUT2D eigenvalue weighted by Crippen LogP contribution is 2.15. The summed E-state index contributed by atoms with van der Waals surface area (Å²) < 4.78 is 13.2. The molecule has 90 valence electrons. The Balaban J connectivity index is 1.80. The van der Waals surface area contributed by atoms with Crippen LogP contribution in [0.1, 0.15) is 11.3 Å². The molecule has 2 aromatic rings. The third kappa shape index (κ3) is 3.25. The minimum atomic E-state index is -0.358. The largest absolute Gasteiger partial charge is 0.396 e. The van der Waals surface area contributed by atoms with E-state index < -0.39 is 0 Å². The number of benzene rings is 1. The zero-order chi connectivity index (χ0) is 12.1. The van der Waals surface area contributed by atoms with Crippen molar-refractivity contribution in [1.29, 1.82) is 0 Å². The van der Waals surface area contributed by atoms with E-state index in [0.29, 0.717) is 6.54 Å². The maximum absolute atomic E-state index is 13.2. The summed E-state index contributed by atoms with van der Waals surface area (Å²) in [7, 11) is 0. The number of thiazole rings is 1. The number of nitrogens with zero attached hydrogens (tertiary/aromatic N) is 1. The van der Waals surface area contributed by atoms with Crippen molar-refractivity contribution in [3.05, 3.63) is 46.2 Å². The summed E-state index contributed by atoms with van der Waals surface area (Å²) in [6.45, 7) is 1.38. The van der Waals surface area contributed by atoms with Gasteiger partial charge in [0.25, 0.3) is 0 Å². The fourth-order valence-electron chi connectivity index (χ4n) is 1.54. The van der Waals surface area contributed by atoms with Crippen molar-refractivity contribution in [3.63, 3.8) is 0 Å². The van der Waals surface area contributed by atoms with Crippen molar-refractivity contribution in [2.45, 2.75) is 13.0 Å². The summed E-state index contributed by atoms with van der Waals surface area (Å²) in [5.41, 5.74) is 9.56. The monoisotopic (exact) mass is 251 g/mol. The molecule has 1 heterocycles. The Kier molecular flexibility index (Phi) is 4.06. The lowest BCUT2D eigenvalue weighted by Gasteiger charge is -2.07. The number of aromatic nitrogens is 1. The van der Waals surface area contributed by atoms with Gasteiger partial charge in [0, 0.05) is 24.9 Å². The van der Waals surface area contributed by atoms with Gasteiger partial charge in [-0.25, -0.2) is 9.37 Å². The summed E-state index contributed by atoms with van der Waals surface area (Å²) in [5.74, 6) is -0.358. The van der Waals surface area contributed by atoms with E-state index in [0.717, 1.165) is 24.2 Å². The van der Waals surface area contributed by atoms with Crippen LogP contribution in [0.15, 0.2) is 29.1 Å². The number of para-hydroxylation sites is 1. The number of nitrogens with two attached hydrogens (primary N) is 1. The predicted molar refractivity (Wildman–Crippen MR) is 68.3 cm³/mol. The van der Waals surface area contributed by atoms with E-state index >= 15 is 0 Å². The molecule has 0 aliphatic rings. The van der Waals surface area contributed by atoms with Crippen LogP contribution in [0.3, 0.4) is 0 Å². The molecule has 0 saturated carbocycles. The molecule has 0 bridgehead atoms. The van der Waals surface area contributed by atoms with Crippen molar-refractivity contribution in [3.8, 4) is 0 Å². The molecule has 0 amide bonds. The Morgan fingerprint density at radius 2 is 2.29 bits per heavy atom. The highest BCUT2D eigenvalue weighted by Gasteiger charge is 2.03. The number of hydrogen-bond donors (Lipinski definition) is 2. The standard InChI is InChI=1S/C12H14FN3S/c13-11-3-1-2-9(12(11)14)6-15-5-4-10-7-17-8-16-10/h1-3,7-8,15H,4-6,14H2. The van der Waals surface area contributed by atoms with Crippen molar-refractivity contribution >= 4 is 17.0 Å². The molecule has 0 unspecified atom stereocenters. The molecule has 0 fully saturated rings. The maximum Gasteiger partial charge on any atom is 0.146 e. The average molecular weight is 251 g/mol. The lowest BCUT2D eigenvalue weighted by molar-refractivity contribution is 0.625. The molecule has 2 rings (SSSR count). The maximum atomic E-state index is 13.2. The number of hydrogen-bond acceptors (Lipinski definition) is 4. The van der Waals surface area contributed by atoms with Crippen LogP contribution in [0.25, 0.3) is 0 Å². The molecule has 17 heavy (non-hydrogen) atoms. The third-order valence-corrected chi connectivity index (χ3v) is 3.14. The predicted octanol–water partition coefficient (Wildman–Crippen LogP) is 2.20. The van der Waals surface area contributed by atoms with Crippen LogP contribution in [0.4, 0.5) is 10.1 Å². The fraction of sp³-hybridized carbons (Fsp3) is 0.250. The van der Waals surface area contributed by atoms with Gasteiger partial charge in [-0.05, 0) is 11.6 Å². The number of halogens is 1. The van der Waals surface area contributed by atoms with Crippen molar-refractivity contribution in [1.82, 2.24) is 10.3 Å². The van der Waals surface area contributed by atoms with Crippen LogP contribution < -0.4 is 11.1 Å². The normalized spacial score (nSPS) is 10.6. The van der Waals surface area contributed by atoms with Crippen LogP contribution >= 0.6 is 11.3 Å². The topological polar surface area (TPSA) is 50.9 Å². The van der Waals surface area contributed by atoms with Gasteiger partial charge in [0.05, 0.1) is 16.9 Å². The van der Waals surface area contributed by atoms with Crippen LogP contribution in [-0.4, -0.2) is 11.5 Å². The quantitative estimate of drug-likeness (QED) is 0.632. The van der Waals surface area contributed by atoms with E-state index in [1.807, 2.05) is 17.0 Å². The molecule has 0 spiro atoms. The Hall–Kier alpha value is -1.46. The lowest BCUT2D eigenvalue weighted by atomic mass is 10.1. The van der Waals surface area contributed by atoms with Gasteiger partial charge in [-0.15, -0.1) is 11.3 Å². The molecule has 3 N–H and O–H groups in total. The van der Waals surface area contributed by atoms with E-state index in [1.54, 1.807) is 17.4 Å². The first-order valence-electron chi connectivity index (χ1n) is 5.38. The molecule has 0 aliphatic carbocycles. The molecule has 5 heteroatoms. The summed E-state index contributed by atoms with van der Waals surface area (Å²) in [6, 6.07) is 4.87. The van der Waals surface area contributed by atoms with Gasteiger partial charge in [0.2, 0.25) is 0 Å². The minimum Gasteiger partial charge on any atom is -0.396 e. The van der Waals surface area contributed by atoms with Gasteiger partial charge >= 0.3 is 0 Å². The minimum absolute atomic E-state index is 0.230. The SMILES string of the molecule is Nc1c(F)cccc1CNCCc1cscn1. The second-order valence-corrected chi connectivity index (χ2v) is 4.44. The van der Waals surface area contributed by atoms with Gasteiger partial charge in [-0.2, -0.15) is 0 Å². The Morgan fingerprint density at radius 1 is 1.41 bits per heavy atom. The van der Waals surface area contributed by atoms with Gasteiger partial charge in [0.15, 0.2) is 0 Å². The number of nitrogen functional groups attached to an aromatic ring is 1. The van der Waals surface area contributed by atoms with Crippen LogP contribution in [0.5, 0.6) is 0 Å². The van der Waals surface area contributed by atoms with Crippen molar-refractivity contribution in [2.24, 2.45) is 0 Å². The summed E-state index contributed by atoms with van der Waals surface area (Å²) in [5, 5.41) is 5.25. The fourth-order valence-corrected chi connectivity index (χ4v) is 2.13. The Labute approximate surface area is 103 Å². The van der Waals surface area contributed by atoms with Crippen molar-refractivity contribution in [2.75, 3.05) is 12.3 Å². The van der Waals surface area contributed by atoms with Gasteiger partial charge < -0.3 is 11.1 Å². The molecule has 0 atom stereocenters. The first-order chi connectivity index (χ1) is 8.27. The van der Waals surface area contributed by atoms with Gasteiger partial charge in [-0.1, -0.05) is 12.1 Å². The second kappa shape index (κ2) is 5.75. The number of rotatable bonds is 5.